The van der Waals surface area contributed by atoms with Gasteiger partial charge in [-0.2, -0.15) is 5.26 Å². The normalized spacial score (nSPS) is 10.7. The summed E-state index contributed by atoms with van der Waals surface area (Å²) in [6, 6.07) is 5.87. The molecule has 0 saturated carbocycles. The lowest BCUT2D eigenvalue weighted by Gasteiger charge is -2.17. The van der Waals surface area contributed by atoms with Crippen LogP contribution in [0.15, 0.2) is 18.2 Å². The molecule has 0 spiro atoms. The zero-order valence-electron chi connectivity index (χ0n) is 8.04. The number of benzene rings is 1. The van der Waals surface area contributed by atoms with Crippen molar-refractivity contribution in [3.8, 4) is 6.07 Å². The van der Waals surface area contributed by atoms with Gasteiger partial charge in [-0.15, -0.1) is 0 Å². The zero-order chi connectivity index (χ0) is 10.8. The standard InChI is InChI=1S/C11H10FNO/c1-11(2,7-14)9-3-4-10(12)8(5-9)6-13/h3-5,7H,1-2H3. The maximum Gasteiger partial charge on any atom is 0.140 e. The minimum absolute atomic E-state index is 0.0302. The topological polar surface area (TPSA) is 40.9 Å². The van der Waals surface area contributed by atoms with E-state index >= 15 is 0 Å². The van der Waals surface area contributed by atoms with E-state index < -0.39 is 11.2 Å². The van der Waals surface area contributed by atoms with Crippen LogP contribution in [0.1, 0.15) is 25.0 Å². The highest BCUT2D eigenvalue weighted by molar-refractivity contribution is 5.67. The largest absolute Gasteiger partial charge is 0.302 e. The van der Waals surface area contributed by atoms with Crippen molar-refractivity contribution >= 4 is 6.29 Å². The second-order valence-electron chi connectivity index (χ2n) is 3.65. The fourth-order valence-corrected chi connectivity index (χ4v) is 1.08. The van der Waals surface area contributed by atoms with Crippen LogP contribution in [-0.2, 0) is 10.2 Å². The van der Waals surface area contributed by atoms with Gasteiger partial charge < -0.3 is 4.79 Å². The predicted molar refractivity (Wildman–Crippen MR) is 50.2 cm³/mol. The quantitative estimate of drug-likeness (QED) is 0.672. The highest BCUT2D eigenvalue weighted by atomic mass is 19.1. The number of nitrogens with zero attached hydrogens (tertiary/aromatic N) is 1. The molecule has 0 aromatic heterocycles. The van der Waals surface area contributed by atoms with Crippen LogP contribution in [0.3, 0.4) is 0 Å². The molecule has 1 aromatic rings. The number of halogens is 1. The third kappa shape index (κ3) is 1.80. The lowest BCUT2D eigenvalue weighted by Crippen LogP contribution is -2.18. The summed E-state index contributed by atoms with van der Waals surface area (Å²) in [5.74, 6) is -0.557. The van der Waals surface area contributed by atoms with Gasteiger partial charge in [0, 0.05) is 5.41 Å². The number of hydrogen-bond donors (Lipinski definition) is 0. The Morgan fingerprint density at radius 2 is 2.14 bits per heavy atom. The van der Waals surface area contributed by atoms with Gasteiger partial charge in [0.05, 0.1) is 5.56 Å². The number of rotatable bonds is 2. The van der Waals surface area contributed by atoms with Crippen LogP contribution in [0.2, 0.25) is 0 Å². The Kier molecular flexibility index (Phi) is 2.66. The number of hydrogen-bond acceptors (Lipinski definition) is 2. The summed E-state index contributed by atoms with van der Waals surface area (Å²) >= 11 is 0. The Morgan fingerprint density at radius 1 is 1.50 bits per heavy atom. The fourth-order valence-electron chi connectivity index (χ4n) is 1.08. The molecule has 1 rings (SSSR count). The Morgan fingerprint density at radius 3 is 2.64 bits per heavy atom. The Balaban J connectivity index is 3.27. The number of carbonyl (C=O) groups is 1. The summed E-state index contributed by atoms with van der Waals surface area (Å²) in [6.45, 7) is 3.43. The van der Waals surface area contributed by atoms with E-state index in [2.05, 4.69) is 0 Å². The molecule has 0 radical (unpaired) electrons. The molecule has 0 N–H and O–H groups in total. The van der Waals surface area contributed by atoms with Gasteiger partial charge in [-0.25, -0.2) is 4.39 Å². The molecule has 72 valence electrons. The van der Waals surface area contributed by atoms with Crippen LogP contribution in [0.5, 0.6) is 0 Å². The van der Waals surface area contributed by atoms with Crippen molar-refractivity contribution in [1.29, 1.82) is 5.26 Å². The summed E-state index contributed by atoms with van der Waals surface area (Å²) in [7, 11) is 0. The molecule has 0 fully saturated rings. The Bertz CT molecular complexity index is 404. The van der Waals surface area contributed by atoms with Crippen molar-refractivity contribution in [2.45, 2.75) is 19.3 Å². The first-order chi connectivity index (χ1) is 6.51. The van der Waals surface area contributed by atoms with Gasteiger partial charge in [-0.3, -0.25) is 0 Å². The van der Waals surface area contributed by atoms with E-state index in [1.165, 1.54) is 18.2 Å². The summed E-state index contributed by atoms with van der Waals surface area (Å²) in [5, 5.41) is 8.60. The molecule has 0 aliphatic heterocycles. The average Bonchev–Trinajstić information content (AvgIpc) is 2.18. The Hall–Kier alpha value is -1.69. The van der Waals surface area contributed by atoms with E-state index in [0.29, 0.717) is 5.56 Å². The molecule has 2 nitrogen and oxygen atoms in total. The van der Waals surface area contributed by atoms with Gasteiger partial charge >= 0.3 is 0 Å². The third-order valence-electron chi connectivity index (χ3n) is 2.13. The Labute approximate surface area is 82.0 Å². The van der Waals surface area contributed by atoms with Gasteiger partial charge in [-0.05, 0) is 31.5 Å². The fraction of sp³-hybridized carbons (Fsp3) is 0.273. The molecular formula is C11H10FNO. The van der Waals surface area contributed by atoms with Gasteiger partial charge in [0.2, 0.25) is 0 Å². The van der Waals surface area contributed by atoms with Crippen molar-refractivity contribution in [1.82, 2.24) is 0 Å². The minimum Gasteiger partial charge on any atom is -0.302 e. The average molecular weight is 191 g/mol. The smallest absolute Gasteiger partial charge is 0.140 e. The van der Waals surface area contributed by atoms with Crippen molar-refractivity contribution < 1.29 is 9.18 Å². The molecule has 1 aromatic carbocycles. The van der Waals surface area contributed by atoms with E-state index in [4.69, 9.17) is 5.26 Å². The number of carbonyl (C=O) groups excluding carboxylic acids is 1. The molecule has 0 atom stereocenters. The van der Waals surface area contributed by atoms with Crippen LogP contribution in [0.25, 0.3) is 0 Å². The van der Waals surface area contributed by atoms with Crippen molar-refractivity contribution in [3.63, 3.8) is 0 Å². The molecule has 0 unspecified atom stereocenters. The molecular weight excluding hydrogens is 181 g/mol. The first-order valence-electron chi connectivity index (χ1n) is 4.18. The second kappa shape index (κ2) is 3.59. The van der Waals surface area contributed by atoms with Crippen molar-refractivity contribution in [3.05, 3.63) is 35.1 Å². The molecule has 3 heteroatoms. The molecule has 0 aliphatic rings. The molecule has 0 amide bonds. The lowest BCUT2D eigenvalue weighted by atomic mass is 9.85. The van der Waals surface area contributed by atoms with Crippen LogP contribution in [0.4, 0.5) is 4.39 Å². The van der Waals surface area contributed by atoms with Crippen LogP contribution in [0, 0.1) is 17.1 Å². The first-order valence-corrected chi connectivity index (χ1v) is 4.18. The highest BCUT2D eigenvalue weighted by Crippen LogP contribution is 2.22. The molecule has 14 heavy (non-hydrogen) atoms. The summed E-state index contributed by atoms with van der Waals surface area (Å²) in [6.07, 6.45) is 0.779. The van der Waals surface area contributed by atoms with Gasteiger partial charge in [0.1, 0.15) is 18.2 Å². The molecule has 0 aliphatic carbocycles. The molecule has 0 saturated heterocycles. The van der Waals surface area contributed by atoms with Gasteiger partial charge in [-0.1, -0.05) is 6.07 Å². The third-order valence-corrected chi connectivity index (χ3v) is 2.13. The van der Waals surface area contributed by atoms with E-state index in [1.54, 1.807) is 19.9 Å². The van der Waals surface area contributed by atoms with Crippen LogP contribution < -0.4 is 0 Å². The van der Waals surface area contributed by atoms with E-state index in [1.807, 2.05) is 0 Å². The van der Waals surface area contributed by atoms with E-state index in [0.717, 1.165) is 6.29 Å². The maximum atomic E-state index is 13.0. The monoisotopic (exact) mass is 191 g/mol. The van der Waals surface area contributed by atoms with E-state index in [9.17, 15) is 9.18 Å². The summed E-state index contributed by atoms with van der Waals surface area (Å²) < 4.78 is 13.0. The molecule has 0 heterocycles. The van der Waals surface area contributed by atoms with Crippen LogP contribution >= 0.6 is 0 Å². The SMILES string of the molecule is CC(C)(C=O)c1ccc(F)c(C#N)c1. The van der Waals surface area contributed by atoms with E-state index in [-0.39, 0.29) is 5.56 Å². The lowest BCUT2D eigenvalue weighted by molar-refractivity contribution is -0.111. The van der Waals surface area contributed by atoms with Crippen LogP contribution in [-0.4, -0.2) is 6.29 Å². The maximum absolute atomic E-state index is 13.0. The van der Waals surface area contributed by atoms with Crippen molar-refractivity contribution in [2.24, 2.45) is 0 Å². The number of aldehydes is 1. The van der Waals surface area contributed by atoms with Gasteiger partial charge in [0.25, 0.3) is 0 Å². The minimum atomic E-state index is -0.681. The number of nitriles is 1. The zero-order valence-corrected chi connectivity index (χ0v) is 8.04. The second-order valence-corrected chi connectivity index (χ2v) is 3.65. The molecule has 0 bridgehead atoms. The summed E-state index contributed by atoms with van der Waals surface area (Å²) in [5.41, 5.74) is -0.0675. The highest BCUT2D eigenvalue weighted by Gasteiger charge is 2.20. The summed E-state index contributed by atoms with van der Waals surface area (Å²) in [4.78, 5) is 10.7. The predicted octanol–water partition coefficient (Wildman–Crippen LogP) is 2.17. The van der Waals surface area contributed by atoms with Gasteiger partial charge in [0.15, 0.2) is 0 Å². The first kappa shape index (κ1) is 10.4. The van der Waals surface area contributed by atoms with Crippen molar-refractivity contribution in [2.75, 3.05) is 0 Å².